The van der Waals surface area contributed by atoms with Crippen LogP contribution in [0.3, 0.4) is 0 Å². The Hall–Kier alpha value is -1.19. The summed E-state index contributed by atoms with van der Waals surface area (Å²) < 4.78 is 5.44. The highest BCUT2D eigenvalue weighted by Crippen LogP contribution is 2.39. The summed E-state index contributed by atoms with van der Waals surface area (Å²) in [5.74, 6) is 0.782. The average Bonchev–Trinajstić information content (AvgIpc) is 2.81. The fourth-order valence-corrected chi connectivity index (χ4v) is 3.05. The Labute approximate surface area is 126 Å². The number of halogens is 1. The van der Waals surface area contributed by atoms with Crippen molar-refractivity contribution in [1.29, 1.82) is 0 Å². The van der Waals surface area contributed by atoms with E-state index >= 15 is 0 Å². The van der Waals surface area contributed by atoms with Crippen molar-refractivity contribution in [1.82, 2.24) is 10.4 Å². The molecule has 0 radical (unpaired) electrons. The smallest absolute Gasteiger partial charge is 0.208 e. The SMILES string of the molecule is CC/C=C(\CC)C1=CC=C(OC)N2NC(CC)C(Cl)=C12. The zero-order valence-corrected chi connectivity index (χ0v) is 13.4. The highest BCUT2D eigenvalue weighted by atomic mass is 35.5. The maximum Gasteiger partial charge on any atom is 0.208 e. The van der Waals surface area contributed by atoms with Crippen molar-refractivity contribution in [2.75, 3.05) is 7.11 Å². The Kier molecular flexibility index (Phi) is 4.95. The topological polar surface area (TPSA) is 24.5 Å². The lowest BCUT2D eigenvalue weighted by molar-refractivity contribution is 0.144. The lowest BCUT2D eigenvalue weighted by Crippen LogP contribution is -2.38. The molecule has 0 spiro atoms. The quantitative estimate of drug-likeness (QED) is 0.822. The second-order valence-electron chi connectivity index (χ2n) is 4.90. The fourth-order valence-electron chi connectivity index (χ4n) is 2.66. The van der Waals surface area contributed by atoms with E-state index in [1.807, 2.05) is 11.1 Å². The summed E-state index contributed by atoms with van der Waals surface area (Å²) in [6.45, 7) is 6.46. The molecule has 20 heavy (non-hydrogen) atoms. The van der Waals surface area contributed by atoms with E-state index in [1.165, 1.54) is 11.1 Å². The van der Waals surface area contributed by atoms with E-state index < -0.39 is 0 Å². The zero-order valence-electron chi connectivity index (χ0n) is 12.7. The van der Waals surface area contributed by atoms with Gasteiger partial charge in [-0.2, -0.15) is 0 Å². The largest absolute Gasteiger partial charge is 0.481 e. The van der Waals surface area contributed by atoms with Crippen molar-refractivity contribution in [2.24, 2.45) is 0 Å². The number of hydrazine groups is 1. The number of hydrogen-bond acceptors (Lipinski definition) is 3. The molecule has 0 fully saturated rings. The predicted molar refractivity (Wildman–Crippen MR) is 83.8 cm³/mol. The molecular formula is C16H23ClN2O. The van der Waals surface area contributed by atoms with E-state index in [0.29, 0.717) is 0 Å². The standard InChI is InChI=1S/C16H23ClN2O/c1-5-8-11(6-2)12-9-10-14(20-4)19-16(12)15(17)13(7-3)18-19/h8-10,13,18H,5-7H2,1-4H3/b11-8+. The van der Waals surface area contributed by atoms with Crippen LogP contribution in [0.5, 0.6) is 0 Å². The minimum Gasteiger partial charge on any atom is -0.481 e. The maximum atomic E-state index is 6.59. The Morgan fingerprint density at radius 2 is 2.15 bits per heavy atom. The molecule has 2 rings (SSSR count). The zero-order chi connectivity index (χ0) is 14.7. The van der Waals surface area contributed by atoms with E-state index in [4.69, 9.17) is 16.3 Å². The van der Waals surface area contributed by atoms with Crippen molar-refractivity contribution in [3.63, 3.8) is 0 Å². The van der Waals surface area contributed by atoms with Crippen LogP contribution in [0.15, 0.2) is 46.0 Å². The molecule has 2 aliphatic heterocycles. The molecule has 3 nitrogen and oxygen atoms in total. The molecule has 1 atom stereocenters. The molecule has 0 aromatic rings. The van der Waals surface area contributed by atoms with Gasteiger partial charge in [-0.05, 0) is 30.9 Å². The number of ether oxygens (including phenoxy) is 1. The van der Waals surface area contributed by atoms with Gasteiger partial charge in [0.1, 0.15) is 0 Å². The molecule has 1 N–H and O–H groups in total. The van der Waals surface area contributed by atoms with E-state index in [2.05, 4.69) is 38.3 Å². The van der Waals surface area contributed by atoms with Gasteiger partial charge in [0.25, 0.3) is 0 Å². The molecule has 1 unspecified atom stereocenters. The number of nitrogens with zero attached hydrogens (tertiary/aromatic N) is 1. The van der Waals surface area contributed by atoms with Crippen molar-refractivity contribution in [3.05, 3.63) is 46.0 Å². The first kappa shape index (κ1) is 15.2. The van der Waals surface area contributed by atoms with E-state index in [0.717, 1.165) is 35.9 Å². The second kappa shape index (κ2) is 6.51. The molecule has 0 aromatic heterocycles. The molecule has 4 heteroatoms. The third kappa shape index (κ3) is 2.52. The molecule has 110 valence electrons. The number of methoxy groups -OCH3 is 1. The van der Waals surface area contributed by atoms with Gasteiger partial charge in [-0.25, -0.2) is 10.4 Å². The molecular weight excluding hydrogens is 272 g/mol. The molecule has 0 amide bonds. The van der Waals surface area contributed by atoms with E-state index in [-0.39, 0.29) is 6.04 Å². The first-order valence-electron chi connectivity index (χ1n) is 7.29. The lowest BCUT2D eigenvalue weighted by Gasteiger charge is -2.29. The lowest BCUT2D eigenvalue weighted by atomic mass is 9.96. The number of nitrogens with one attached hydrogen (secondary N) is 1. The molecule has 0 bridgehead atoms. The summed E-state index contributed by atoms with van der Waals surface area (Å²) in [4.78, 5) is 0. The van der Waals surface area contributed by atoms with Gasteiger partial charge in [-0.3, -0.25) is 0 Å². The highest BCUT2D eigenvalue weighted by molar-refractivity contribution is 6.31. The molecule has 0 saturated heterocycles. The minimum atomic E-state index is 0.159. The number of fused-ring (bicyclic) bond motifs is 1. The van der Waals surface area contributed by atoms with E-state index in [1.54, 1.807) is 7.11 Å². The Bertz CT molecular complexity index is 503. The molecule has 2 aliphatic rings. The van der Waals surface area contributed by atoms with Gasteiger partial charge in [0.2, 0.25) is 5.88 Å². The summed E-state index contributed by atoms with van der Waals surface area (Å²) >= 11 is 6.59. The molecule has 0 aliphatic carbocycles. The monoisotopic (exact) mass is 294 g/mol. The van der Waals surface area contributed by atoms with Crippen LogP contribution in [0.25, 0.3) is 0 Å². The van der Waals surface area contributed by atoms with Crippen molar-refractivity contribution in [2.45, 2.75) is 46.1 Å². The summed E-state index contributed by atoms with van der Waals surface area (Å²) in [5.41, 5.74) is 6.98. The van der Waals surface area contributed by atoms with Gasteiger partial charge in [0, 0.05) is 11.6 Å². The van der Waals surface area contributed by atoms with Crippen LogP contribution >= 0.6 is 11.6 Å². The van der Waals surface area contributed by atoms with Crippen LogP contribution in [0, 0.1) is 0 Å². The highest BCUT2D eigenvalue weighted by Gasteiger charge is 2.35. The van der Waals surface area contributed by atoms with Crippen LogP contribution in [-0.4, -0.2) is 18.2 Å². The summed E-state index contributed by atoms with van der Waals surface area (Å²) in [6, 6.07) is 0.159. The molecule has 0 aromatic carbocycles. The Morgan fingerprint density at radius 3 is 2.70 bits per heavy atom. The minimum absolute atomic E-state index is 0.159. The normalized spacial score (nSPS) is 22.8. The molecule has 0 saturated carbocycles. The number of rotatable bonds is 5. The second-order valence-corrected chi connectivity index (χ2v) is 5.31. The third-order valence-electron chi connectivity index (χ3n) is 3.70. The van der Waals surface area contributed by atoms with Gasteiger partial charge in [0.05, 0.1) is 23.9 Å². The van der Waals surface area contributed by atoms with Crippen molar-refractivity contribution < 1.29 is 4.74 Å². The van der Waals surface area contributed by atoms with Crippen LogP contribution in [-0.2, 0) is 4.74 Å². The molecule has 2 heterocycles. The van der Waals surface area contributed by atoms with Crippen molar-refractivity contribution >= 4 is 11.6 Å². The van der Waals surface area contributed by atoms with Crippen LogP contribution in [0.1, 0.15) is 40.0 Å². The average molecular weight is 295 g/mol. The van der Waals surface area contributed by atoms with Gasteiger partial charge in [-0.15, -0.1) is 0 Å². The van der Waals surface area contributed by atoms with Crippen LogP contribution < -0.4 is 5.43 Å². The predicted octanol–water partition coefficient (Wildman–Crippen LogP) is 4.21. The van der Waals surface area contributed by atoms with E-state index in [9.17, 15) is 0 Å². The van der Waals surface area contributed by atoms with Gasteiger partial charge in [-0.1, -0.05) is 38.4 Å². The summed E-state index contributed by atoms with van der Waals surface area (Å²) in [7, 11) is 1.68. The number of allylic oxidation sites excluding steroid dienone is 4. The first-order valence-corrected chi connectivity index (χ1v) is 7.67. The first-order chi connectivity index (χ1) is 9.67. The fraction of sp³-hybridized carbons (Fsp3) is 0.500. The third-order valence-corrected chi connectivity index (χ3v) is 4.15. The summed E-state index contributed by atoms with van der Waals surface area (Å²) in [5, 5.41) is 2.85. The Morgan fingerprint density at radius 1 is 1.40 bits per heavy atom. The van der Waals surface area contributed by atoms with Crippen LogP contribution in [0.2, 0.25) is 0 Å². The Balaban J connectivity index is 2.50. The summed E-state index contributed by atoms with van der Waals surface area (Å²) in [6.07, 6.45) is 9.34. The number of hydrogen-bond donors (Lipinski definition) is 1. The maximum absolute atomic E-state index is 6.59. The van der Waals surface area contributed by atoms with Crippen molar-refractivity contribution in [3.8, 4) is 0 Å². The van der Waals surface area contributed by atoms with Gasteiger partial charge < -0.3 is 4.74 Å². The van der Waals surface area contributed by atoms with Gasteiger partial charge in [0.15, 0.2) is 0 Å². The van der Waals surface area contributed by atoms with Crippen LogP contribution in [0.4, 0.5) is 0 Å². The van der Waals surface area contributed by atoms with Gasteiger partial charge >= 0.3 is 0 Å².